The highest BCUT2D eigenvalue weighted by molar-refractivity contribution is 6.03. The molecule has 0 aromatic heterocycles. The third-order valence-corrected chi connectivity index (χ3v) is 4.36. The van der Waals surface area contributed by atoms with E-state index >= 15 is 0 Å². The van der Waals surface area contributed by atoms with Gasteiger partial charge in [0.2, 0.25) is 11.8 Å². The topological polar surface area (TPSA) is 75.4 Å². The summed E-state index contributed by atoms with van der Waals surface area (Å²) in [6, 6.07) is 13.2. The molecular weight excluding hydrogens is 338 g/mol. The second-order valence-corrected chi connectivity index (χ2v) is 6.30. The average Bonchev–Trinajstić information content (AvgIpc) is 2.94. The van der Waals surface area contributed by atoms with E-state index in [9.17, 15) is 9.59 Å². The van der Waals surface area contributed by atoms with Gasteiger partial charge in [-0.1, -0.05) is 23.8 Å². The molecule has 1 aliphatic heterocycles. The van der Waals surface area contributed by atoms with E-state index in [2.05, 4.69) is 5.32 Å². The van der Waals surface area contributed by atoms with Crippen molar-refractivity contribution in [1.29, 1.82) is 0 Å². The molecule has 0 radical (unpaired) electrons. The molecule has 1 fully saturated rings. The number of anilines is 3. The van der Waals surface area contributed by atoms with E-state index in [1.807, 2.05) is 44.2 Å². The van der Waals surface area contributed by atoms with Crippen LogP contribution in [0.4, 0.5) is 17.1 Å². The zero-order chi connectivity index (χ0) is 17.3. The lowest BCUT2D eigenvalue weighted by atomic mass is 10.1. The number of rotatable bonds is 3. The summed E-state index contributed by atoms with van der Waals surface area (Å²) in [5.41, 5.74) is 9.98. The summed E-state index contributed by atoms with van der Waals surface area (Å²) in [5.74, 6) is -0.533. The Bertz CT molecular complexity index is 790. The summed E-state index contributed by atoms with van der Waals surface area (Å²) in [5, 5.41) is 2.90. The molecule has 0 aliphatic carbocycles. The number of carbonyl (C=O) groups excluding carboxylic acids is 2. The van der Waals surface area contributed by atoms with Gasteiger partial charge in [-0.15, -0.1) is 12.4 Å². The zero-order valence-electron chi connectivity index (χ0n) is 14.3. The summed E-state index contributed by atoms with van der Waals surface area (Å²) < 4.78 is 0. The number of aryl methyl sites for hydroxylation is 2. The first kappa shape index (κ1) is 18.8. The van der Waals surface area contributed by atoms with Crippen LogP contribution in [-0.2, 0) is 9.59 Å². The van der Waals surface area contributed by atoms with E-state index in [1.54, 1.807) is 17.0 Å². The van der Waals surface area contributed by atoms with Crippen molar-refractivity contribution >= 4 is 41.3 Å². The Labute approximate surface area is 153 Å². The summed E-state index contributed by atoms with van der Waals surface area (Å²) in [7, 11) is 0. The third-order valence-electron chi connectivity index (χ3n) is 4.36. The summed E-state index contributed by atoms with van der Waals surface area (Å²) in [6.45, 7) is 4.31. The van der Waals surface area contributed by atoms with Gasteiger partial charge in [0, 0.05) is 30.0 Å². The molecule has 6 heteroatoms. The lowest BCUT2D eigenvalue weighted by Gasteiger charge is -2.17. The third kappa shape index (κ3) is 4.12. The van der Waals surface area contributed by atoms with Crippen LogP contribution in [-0.4, -0.2) is 18.4 Å². The molecule has 1 unspecified atom stereocenters. The largest absolute Gasteiger partial charge is 0.399 e. The molecule has 1 aliphatic rings. The Hall–Kier alpha value is -2.53. The number of amides is 2. The van der Waals surface area contributed by atoms with Crippen LogP contribution in [0.2, 0.25) is 0 Å². The molecule has 1 atom stereocenters. The van der Waals surface area contributed by atoms with Crippen LogP contribution >= 0.6 is 12.4 Å². The van der Waals surface area contributed by atoms with Gasteiger partial charge in [0.25, 0.3) is 0 Å². The number of hydrogen-bond acceptors (Lipinski definition) is 3. The van der Waals surface area contributed by atoms with Gasteiger partial charge in [0.05, 0.1) is 5.92 Å². The number of hydrogen-bond donors (Lipinski definition) is 2. The van der Waals surface area contributed by atoms with Crippen LogP contribution in [0.25, 0.3) is 0 Å². The summed E-state index contributed by atoms with van der Waals surface area (Å²) >= 11 is 0. The van der Waals surface area contributed by atoms with Crippen LogP contribution in [0.15, 0.2) is 42.5 Å². The number of nitrogens with two attached hydrogens (primary N) is 1. The van der Waals surface area contributed by atoms with Crippen molar-refractivity contribution in [3.63, 3.8) is 0 Å². The van der Waals surface area contributed by atoms with Gasteiger partial charge in [-0.05, 0) is 43.7 Å². The van der Waals surface area contributed by atoms with Gasteiger partial charge in [0.15, 0.2) is 0 Å². The summed E-state index contributed by atoms with van der Waals surface area (Å²) in [4.78, 5) is 26.5. The molecular formula is C19H22ClN3O2. The van der Waals surface area contributed by atoms with Crippen molar-refractivity contribution < 1.29 is 9.59 Å². The van der Waals surface area contributed by atoms with Gasteiger partial charge in [-0.3, -0.25) is 9.59 Å². The standard InChI is InChI=1S/C19H21N3O2.ClH/c1-12-3-7-16(8-4-12)22-11-14(9-18(22)23)19(24)21-17-10-15(20)6-5-13(17)2;/h3-8,10,14H,9,11,20H2,1-2H3,(H,21,24);1H. The predicted octanol–water partition coefficient (Wildman–Crippen LogP) is 3.30. The van der Waals surface area contributed by atoms with Gasteiger partial charge in [0.1, 0.15) is 0 Å². The van der Waals surface area contributed by atoms with Gasteiger partial charge >= 0.3 is 0 Å². The molecule has 0 bridgehead atoms. The van der Waals surface area contributed by atoms with E-state index in [0.29, 0.717) is 17.9 Å². The van der Waals surface area contributed by atoms with Crippen LogP contribution in [0, 0.1) is 19.8 Å². The van der Waals surface area contributed by atoms with Gasteiger partial charge < -0.3 is 16.0 Å². The highest BCUT2D eigenvalue weighted by atomic mass is 35.5. The maximum atomic E-state index is 12.5. The van der Waals surface area contributed by atoms with E-state index in [4.69, 9.17) is 5.73 Å². The van der Waals surface area contributed by atoms with Crippen molar-refractivity contribution in [3.8, 4) is 0 Å². The van der Waals surface area contributed by atoms with Gasteiger partial charge in [-0.2, -0.15) is 0 Å². The maximum absolute atomic E-state index is 12.5. The Morgan fingerprint density at radius 2 is 1.84 bits per heavy atom. The summed E-state index contributed by atoms with van der Waals surface area (Å²) in [6.07, 6.45) is 0.223. The smallest absolute Gasteiger partial charge is 0.229 e. The minimum atomic E-state index is -0.361. The van der Waals surface area contributed by atoms with Crippen molar-refractivity contribution in [2.45, 2.75) is 20.3 Å². The van der Waals surface area contributed by atoms with E-state index in [1.165, 1.54) is 0 Å². The average molecular weight is 360 g/mol. The first-order valence-electron chi connectivity index (χ1n) is 7.98. The minimum absolute atomic E-state index is 0. The Morgan fingerprint density at radius 1 is 1.16 bits per heavy atom. The predicted molar refractivity (Wildman–Crippen MR) is 103 cm³/mol. The number of nitrogen functional groups attached to an aromatic ring is 1. The van der Waals surface area contributed by atoms with Crippen molar-refractivity contribution in [2.24, 2.45) is 5.92 Å². The Balaban J connectivity index is 0.00000225. The first-order valence-corrected chi connectivity index (χ1v) is 7.98. The molecule has 3 N–H and O–H groups in total. The molecule has 2 aromatic carbocycles. The Morgan fingerprint density at radius 3 is 2.52 bits per heavy atom. The van der Waals surface area contributed by atoms with Crippen LogP contribution in [0.3, 0.4) is 0 Å². The second-order valence-electron chi connectivity index (χ2n) is 6.30. The molecule has 132 valence electrons. The van der Waals surface area contributed by atoms with Crippen molar-refractivity contribution in [1.82, 2.24) is 0 Å². The van der Waals surface area contributed by atoms with Crippen molar-refractivity contribution in [3.05, 3.63) is 53.6 Å². The molecule has 2 aromatic rings. The Kier molecular flexibility index (Phi) is 5.69. The maximum Gasteiger partial charge on any atom is 0.229 e. The lowest BCUT2D eigenvalue weighted by molar-refractivity contribution is -0.122. The van der Waals surface area contributed by atoms with E-state index < -0.39 is 0 Å². The fraction of sp³-hybridized carbons (Fsp3) is 0.263. The van der Waals surface area contributed by atoms with Crippen molar-refractivity contribution in [2.75, 3.05) is 22.5 Å². The highest BCUT2D eigenvalue weighted by Crippen LogP contribution is 2.27. The zero-order valence-corrected chi connectivity index (χ0v) is 15.1. The molecule has 3 rings (SSSR count). The number of nitrogens with zero attached hydrogens (tertiary/aromatic N) is 1. The molecule has 25 heavy (non-hydrogen) atoms. The number of benzene rings is 2. The second kappa shape index (κ2) is 7.57. The van der Waals surface area contributed by atoms with Crippen LogP contribution in [0.1, 0.15) is 17.5 Å². The fourth-order valence-electron chi connectivity index (χ4n) is 2.87. The number of nitrogens with one attached hydrogen (secondary N) is 1. The monoisotopic (exact) mass is 359 g/mol. The SMILES string of the molecule is Cc1ccc(N2CC(C(=O)Nc3cc(N)ccc3C)CC2=O)cc1.Cl. The molecule has 1 heterocycles. The normalized spacial score (nSPS) is 16.5. The van der Waals surface area contributed by atoms with Crippen LogP contribution in [0.5, 0.6) is 0 Å². The number of halogens is 1. The molecule has 5 nitrogen and oxygen atoms in total. The quantitative estimate of drug-likeness (QED) is 0.825. The first-order chi connectivity index (χ1) is 11.4. The molecule has 2 amide bonds. The number of carbonyl (C=O) groups is 2. The molecule has 1 saturated heterocycles. The van der Waals surface area contributed by atoms with E-state index in [-0.39, 0.29) is 36.6 Å². The molecule has 0 spiro atoms. The van der Waals surface area contributed by atoms with Crippen LogP contribution < -0.4 is 16.0 Å². The minimum Gasteiger partial charge on any atom is -0.399 e. The van der Waals surface area contributed by atoms with Gasteiger partial charge in [-0.25, -0.2) is 0 Å². The molecule has 0 saturated carbocycles. The van der Waals surface area contributed by atoms with E-state index in [0.717, 1.165) is 16.8 Å². The highest BCUT2D eigenvalue weighted by Gasteiger charge is 2.35. The lowest BCUT2D eigenvalue weighted by Crippen LogP contribution is -2.28. The fourth-order valence-corrected chi connectivity index (χ4v) is 2.87.